The van der Waals surface area contributed by atoms with Crippen molar-refractivity contribution in [2.45, 2.75) is 56.4 Å². The van der Waals surface area contributed by atoms with Gasteiger partial charge >= 0.3 is 6.18 Å². The third kappa shape index (κ3) is 3.11. The van der Waals surface area contributed by atoms with E-state index < -0.39 is 11.7 Å². The monoisotopic (exact) mass is 466 g/mol. The first-order chi connectivity index (χ1) is 16.1. The molecule has 2 bridgehead atoms. The zero-order valence-electron chi connectivity index (χ0n) is 19.0. The van der Waals surface area contributed by atoms with Crippen molar-refractivity contribution >= 4 is 5.70 Å². The zero-order valence-corrected chi connectivity index (χ0v) is 19.0. The number of likely N-dealkylation sites (N-methyl/N-ethyl adjacent to an activating group) is 1. The molecule has 1 N–H and O–H groups in total. The quantitative estimate of drug-likeness (QED) is 0.704. The largest absolute Gasteiger partial charge is 0.417 e. The second kappa shape index (κ2) is 7.18. The van der Waals surface area contributed by atoms with Gasteiger partial charge in [0.2, 0.25) is 0 Å². The molecule has 8 heteroatoms. The lowest BCUT2D eigenvalue weighted by molar-refractivity contribution is -0.137. The van der Waals surface area contributed by atoms with Gasteiger partial charge < -0.3 is 10.2 Å². The number of alkyl halides is 3. The number of halogens is 3. The summed E-state index contributed by atoms with van der Waals surface area (Å²) in [5.74, 6) is 0. The van der Waals surface area contributed by atoms with Crippen molar-refractivity contribution in [3.05, 3.63) is 81.6 Å². The van der Waals surface area contributed by atoms with Gasteiger partial charge in [-0.15, -0.1) is 0 Å². The number of allylic oxidation sites excluding steroid dienone is 2. The van der Waals surface area contributed by atoms with E-state index in [1.54, 1.807) is 16.8 Å². The van der Waals surface area contributed by atoms with Crippen LogP contribution >= 0.6 is 0 Å². The van der Waals surface area contributed by atoms with Crippen LogP contribution in [0.15, 0.2) is 70.4 Å². The topological polar surface area (TPSA) is 50.2 Å². The molecule has 3 unspecified atom stereocenters. The molecule has 176 valence electrons. The number of fused-ring (bicyclic) bond motifs is 5. The van der Waals surface area contributed by atoms with Crippen LogP contribution in [0.1, 0.15) is 38.2 Å². The number of nitrogens with zero attached hydrogens (tertiary/aromatic N) is 3. The normalized spacial score (nSPS) is 28.0. The standard InChI is InChI=1S/C26H25F3N4O/c1-25-13-18(5-6-19(25)24-21-8-4-17(31-21)12-22(24)32(25)2)33-10-9-15(11-23(33)34)20-7-3-16(14-30-20)26(27,28)29/h3,5-7,9-11,14,17,21,31H,4,8,12-13H2,1-2H3. The molecule has 6 rings (SSSR count). The van der Waals surface area contributed by atoms with E-state index >= 15 is 0 Å². The Morgan fingerprint density at radius 1 is 1.18 bits per heavy atom. The van der Waals surface area contributed by atoms with Crippen LogP contribution < -0.4 is 10.9 Å². The summed E-state index contributed by atoms with van der Waals surface area (Å²) in [5.41, 5.74) is 4.66. The Kier molecular flexibility index (Phi) is 4.52. The first kappa shape index (κ1) is 21.4. The fraction of sp³-hybridized carbons (Fsp3) is 0.385. The van der Waals surface area contributed by atoms with E-state index in [0.717, 1.165) is 24.4 Å². The highest BCUT2D eigenvalue weighted by Crippen LogP contribution is 2.52. The Labute approximate surface area is 195 Å². The van der Waals surface area contributed by atoms with E-state index in [1.807, 2.05) is 6.08 Å². The van der Waals surface area contributed by atoms with Crippen LogP contribution in [-0.4, -0.2) is 39.1 Å². The number of aromatic nitrogens is 2. The fourth-order valence-electron chi connectivity index (χ4n) is 6.03. The average Bonchev–Trinajstić information content (AvgIpc) is 3.29. The maximum absolute atomic E-state index is 13.0. The van der Waals surface area contributed by atoms with Crippen LogP contribution in [0.4, 0.5) is 13.2 Å². The van der Waals surface area contributed by atoms with E-state index in [0.29, 0.717) is 29.8 Å². The first-order valence-corrected chi connectivity index (χ1v) is 11.6. The molecule has 3 aliphatic heterocycles. The van der Waals surface area contributed by atoms with Crippen molar-refractivity contribution in [3.8, 4) is 11.3 Å². The molecule has 0 amide bonds. The van der Waals surface area contributed by atoms with Gasteiger partial charge in [-0.2, -0.15) is 13.2 Å². The van der Waals surface area contributed by atoms with Crippen molar-refractivity contribution < 1.29 is 13.2 Å². The first-order valence-electron chi connectivity index (χ1n) is 11.6. The summed E-state index contributed by atoms with van der Waals surface area (Å²) in [7, 11) is 2.16. The molecule has 0 spiro atoms. The van der Waals surface area contributed by atoms with E-state index in [-0.39, 0.29) is 11.1 Å². The van der Waals surface area contributed by atoms with Crippen molar-refractivity contribution in [2.75, 3.05) is 7.05 Å². The van der Waals surface area contributed by atoms with E-state index in [2.05, 4.69) is 35.2 Å². The highest BCUT2D eigenvalue weighted by atomic mass is 19.4. The molecule has 3 atom stereocenters. The van der Waals surface area contributed by atoms with Gasteiger partial charge in [0.05, 0.1) is 16.8 Å². The second-order valence-corrected chi connectivity index (χ2v) is 9.86. The molecule has 34 heavy (non-hydrogen) atoms. The zero-order chi connectivity index (χ0) is 23.8. The second-order valence-electron chi connectivity index (χ2n) is 9.86. The Bertz CT molecular complexity index is 1340. The molecular weight excluding hydrogens is 441 g/mol. The minimum absolute atomic E-state index is 0.214. The van der Waals surface area contributed by atoms with Crippen LogP contribution in [-0.2, 0) is 6.18 Å². The van der Waals surface area contributed by atoms with Crippen LogP contribution in [0, 0.1) is 0 Å². The third-order valence-corrected chi connectivity index (χ3v) is 7.94. The van der Waals surface area contributed by atoms with Gasteiger partial charge in [-0.25, -0.2) is 0 Å². The van der Waals surface area contributed by atoms with Gasteiger partial charge in [0.1, 0.15) is 0 Å². The van der Waals surface area contributed by atoms with Crippen LogP contribution in [0.2, 0.25) is 0 Å². The molecule has 5 nitrogen and oxygen atoms in total. The molecule has 1 fully saturated rings. The summed E-state index contributed by atoms with van der Waals surface area (Å²) < 4.78 is 40.1. The van der Waals surface area contributed by atoms with Gasteiger partial charge in [0.25, 0.3) is 5.56 Å². The smallest absolute Gasteiger partial charge is 0.368 e. The van der Waals surface area contributed by atoms with Gasteiger partial charge in [0, 0.05) is 67.4 Å². The summed E-state index contributed by atoms with van der Waals surface area (Å²) in [6.07, 6.45) is 6.35. The summed E-state index contributed by atoms with van der Waals surface area (Å²) in [4.78, 5) is 19.3. The Morgan fingerprint density at radius 2 is 2.00 bits per heavy atom. The Hall–Kier alpha value is -3.13. The lowest BCUT2D eigenvalue weighted by Crippen LogP contribution is -2.43. The molecule has 5 heterocycles. The summed E-state index contributed by atoms with van der Waals surface area (Å²) in [5, 5.41) is 3.75. The van der Waals surface area contributed by atoms with E-state index in [4.69, 9.17) is 0 Å². The van der Waals surface area contributed by atoms with Crippen LogP contribution in [0.5, 0.6) is 0 Å². The van der Waals surface area contributed by atoms with Crippen LogP contribution in [0.25, 0.3) is 17.0 Å². The van der Waals surface area contributed by atoms with E-state index in [9.17, 15) is 18.0 Å². The van der Waals surface area contributed by atoms with Gasteiger partial charge in [-0.05, 0) is 55.2 Å². The predicted octanol–water partition coefficient (Wildman–Crippen LogP) is 4.58. The Balaban J connectivity index is 1.32. The maximum atomic E-state index is 13.0. The lowest BCUT2D eigenvalue weighted by Gasteiger charge is -2.40. The number of hydrogen-bond donors (Lipinski definition) is 1. The van der Waals surface area contributed by atoms with Crippen LogP contribution in [0.3, 0.4) is 0 Å². The number of pyridine rings is 2. The molecule has 4 aliphatic rings. The highest BCUT2D eigenvalue weighted by Gasteiger charge is 2.50. The number of rotatable bonds is 2. The van der Waals surface area contributed by atoms with Crippen molar-refractivity contribution in [2.24, 2.45) is 0 Å². The Morgan fingerprint density at radius 3 is 2.71 bits per heavy atom. The highest BCUT2D eigenvalue weighted by molar-refractivity contribution is 5.66. The third-order valence-electron chi connectivity index (χ3n) is 7.94. The predicted molar refractivity (Wildman–Crippen MR) is 124 cm³/mol. The SMILES string of the molecule is CN1C2=C(C3=CC=C(n4ccc(-c5ccc(C(F)(F)F)cn5)cc4=O)CC31C)C1CCC(C2)N1. The fourth-order valence-corrected chi connectivity index (χ4v) is 6.03. The van der Waals surface area contributed by atoms with Gasteiger partial charge in [-0.1, -0.05) is 6.08 Å². The molecule has 0 saturated carbocycles. The number of nitrogens with one attached hydrogen (secondary N) is 1. The summed E-state index contributed by atoms with van der Waals surface area (Å²) >= 11 is 0. The molecule has 1 saturated heterocycles. The minimum atomic E-state index is -4.44. The lowest BCUT2D eigenvalue weighted by atomic mass is 9.79. The van der Waals surface area contributed by atoms with Crippen molar-refractivity contribution in [1.82, 2.24) is 19.8 Å². The maximum Gasteiger partial charge on any atom is 0.417 e. The minimum Gasteiger partial charge on any atom is -0.368 e. The molecular formula is C26H25F3N4O. The molecule has 0 radical (unpaired) electrons. The summed E-state index contributed by atoms with van der Waals surface area (Å²) in [6, 6.07) is 6.40. The molecule has 2 aromatic rings. The number of hydrogen-bond acceptors (Lipinski definition) is 4. The molecule has 2 aromatic heterocycles. The van der Waals surface area contributed by atoms with Gasteiger partial charge in [0.15, 0.2) is 0 Å². The summed E-state index contributed by atoms with van der Waals surface area (Å²) in [6.45, 7) is 2.24. The average molecular weight is 467 g/mol. The van der Waals surface area contributed by atoms with Crippen molar-refractivity contribution in [1.29, 1.82) is 0 Å². The van der Waals surface area contributed by atoms with Gasteiger partial charge in [-0.3, -0.25) is 14.3 Å². The molecule has 1 aliphatic carbocycles. The van der Waals surface area contributed by atoms with E-state index in [1.165, 1.54) is 41.8 Å². The molecule has 0 aromatic carbocycles. The van der Waals surface area contributed by atoms with Crippen molar-refractivity contribution in [3.63, 3.8) is 0 Å².